The number of hydrogen-bond acceptors (Lipinski definition) is 3. The average Bonchev–Trinajstić information content (AvgIpc) is 2.23. The number of aromatic nitrogens is 1. The van der Waals surface area contributed by atoms with Gasteiger partial charge in [-0.15, -0.1) is 0 Å². The van der Waals surface area contributed by atoms with Crippen molar-refractivity contribution < 1.29 is 0 Å². The van der Waals surface area contributed by atoms with Crippen LogP contribution in [0, 0.1) is 13.8 Å². The summed E-state index contributed by atoms with van der Waals surface area (Å²) >= 11 is 0. The lowest BCUT2D eigenvalue weighted by Gasteiger charge is -2.29. The van der Waals surface area contributed by atoms with Gasteiger partial charge in [-0.1, -0.05) is 0 Å². The van der Waals surface area contributed by atoms with Crippen LogP contribution < -0.4 is 10.2 Å². The summed E-state index contributed by atoms with van der Waals surface area (Å²) in [5.74, 6) is 1.13. The summed E-state index contributed by atoms with van der Waals surface area (Å²) in [5.41, 5.74) is 3.73. The lowest BCUT2D eigenvalue weighted by Crippen LogP contribution is -2.33. The van der Waals surface area contributed by atoms with Crippen LogP contribution in [-0.2, 0) is 6.54 Å². The van der Waals surface area contributed by atoms with Crippen molar-refractivity contribution in [1.29, 1.82) is 0 Å². The number of nitrogens with zero attached hydrogens (tertiary/aromatic N) is 2. The molecule has 1 rings (SSSR count). The molecule has 0 aliphatic heterocycles. The molecule has 0 aliphatic rings. The zero-order valence-electron chi connectivity index (χ0n) is 12.0. The monoisotopic (exact) mass is 235 g/mol. The van der Waals surface area contributed by atoms with Gasteiger partial charge in [0.15, 0.2) is 0 Å². The lowest BCUT2D eigenvalue weighted by atomic mass is 10.1. The van der Waals surface area contributed by atoms with Crippen molar-refractivity contribution in [2.75, 3.05) is 18.5 Å². The van der Waals surface area contributed by atoms with Gasteiger partial charge in [0.2, 0.25) is 0 Å². The molecule has 0 aromatic carbocycles. The van der Waals surface area contributed by atoms with E-state index >= 15 is 0 Å². The van der Waals surface area contributed by atoms with E-state index in [9.17, 15) is 0 Å². The van der Waals surface area contributed by atoms with E-state index in [0.29, 0.717) is 6.04 Å². The third kappa shape index (κ3) is 3.19. The molecule has 0 saturated carbocycles. The first-order valence-electron chi connectivity index (χ1n) is 6.39. The molecule has 0 amide bonds. The third-order valence-corrected chi connectivity index (χ3v) is 3.04. The smallest absolute Gasteiger partial charge is 0.133 e. The predicted molar refractivity (Wildman–Crippen MR) is 74.6 cm³/mol. The van der Waals surface area contributed by atoms with Crippen molar-refractivity contribution in [1.82, 2.24) is 10.3 Å². The van der Waals surface area contributed by atoms with E-state index in [2.05, 4.69) is 50.9 Å². The number of rotatable bonds is 5. The zero-order chi connectivity index (χ0) is 13.0. The van der Waals surface area contributed by atoms with Gasteiger partial charge in [0.05, 0.1) is 0 Å². The molecule has 0 fully saturated rings. The van der Waals surface area contributed by atoms with Crippen molar-refractivity contribution in [3.05, 3.63) is 22.9 Å². The van der Waals surface area contributed by atoms with Gasteiger partial charge in [-0.3, -0.25) is 0 Å². The molecule has 3 heteroatoms. The van der Waals surface area contributed by atoms with Crippen LogP contribution in [0.2, 0.25) is 0 Å². The molecular formula is C14H25N3. The molecule has 0 atom stereocenters. The maximum atomic E-state index is 4.73. The van der Waals surface area contributed by atoms with Gasteiger partial charge in [-0.2, -0.15) is 0 Å². The van der Waals surface area contributed by atoms with E-state index in [0.717, 1.165) is 24.6 Å². The Morgan fingerprint density at radius 3 is 2.47 bits per heavy atom. The van der Waals surface area contributed by atoms with Crippen molar-refractivity contribution >= 4 is 5.82 Å². The second kappa shape index (κ2) is 6.01. The Labute approximate surface area is 105 Å². The van der Waals surface area contributed by atoms with Crippen LogP contribution in [0.3, 0.4) is 0 Å². The minimum Gasteiger partial charge on any atom is -0.354 e. The summed E-state index contributed by atoms with van der Waals surface area (Å²) in [5, 5.41) is 3.24. The lowest BCUT2D eigenvalue weighted by molar-refractivity contribution is 0.679. The molecule has 0 radical (unpaired) electrons. The van der Waals surface area contributed by atoms with Gasteiger partial charge in [0.1, 0.15) is 5.82 Å². The van der Waals surface area contributed by atoms with E-state index in [-0.39, 0.29) is 0 Å². The second-order valence-corrected chi connectivity index (χ2v) is 4.79. The normalized spacial score (nSPS) is 11.0. The largest absolute Gasteiger partial charge is 0.354 e. The molecule has 1 heterocycles. The summed E-state index contributed by atoms with van der Waals surface area (Å²) in [6.07, 6.45) is 0. The second-order valence-electron chi connectivity index (χ2n) is 4.79. The summed E-state index contributed by atoms with van der Waals surface area (Å²) in [7, 11) is 1.98. The predicted octanol–water partition coefficient (Wildman–Crippen LogP) is 2.65. The molecule has 96 valence electrons. The van der Waals surface area contributed by atoms with Crippen LogP contribution in [0.4, 0.5) is 5.82 Å². The first-order chi connectivity index (χ1) is 8.01. The zero-order valence-corrected chi connectivity index (χ0v) is 12.0. The number of aryl methyl sites for hydroxylation is 2. The molecule has 0 bridgehead atoms. The number of anilines is 1. The Hall–Kier alpha value is -1.09. The maximum Gasteiger partial charge on any atom is 0.133 e. The fraction of sp³-hybridized carbons (Fsp3) is 0.643. The van der Waals surface area contributed by atoms with E-state index in [1.165, 1.54) is 11.1 Å². The summed E-state index contributed by atoms with van der Waals surface area (Å²) < 4.78 is 0. The fourth-order valence-electron chi connectivity index (χ4n) is 2.24. The van der Waals surface area contributed by atoms with Gasteiger partial charge in [-0.05, 0) is 53.3 Å². The summed E-state index contributed by atoms with van der Waals surface area (Å²) in [6.45, 7) is 12.7. The maximum absolute atomic E-state index is 4.73. The molecular weight excluding hydrogens is 210 g/mol. The highest BCUT2D eigenvalue weighted by atomic mass is 15.2. The van der Waals surface area contributed by atoms with E-state index in [1.54, 1.807) is 0 Å². The first-order valence-corrected chi connectivity index (χ1v) is 6.39. The molecule has 1 aromatic heterocycles. The number of pyridine rings is 1. The van der Waals surface area contributed by atoms with Crippen molar-refractivity contribution in [2.45, 2.75) is 47.2 Å². The van der Waals surface area contributed by atoms with Crippen LogP contribution in [-0.4, -0.2) is 24.6 Å². The van der Waals surface area contributed by atoms with Crippen LogP contribution >= 0.6 is 0 Å². The molecule has 1 N–H and O–H groups in total. The molecule has 3 nitrogen and oxygen atoms in total. The highest BCUT2D eigenvalue weighted by molar-refractivity contribution is 5.52. The van der Waals surface area contributed by atoms with Crippen molar-refractivity contribution in [2.24, 2.45) is 0 Å². The van der Waals surface area contributed by atoms with Crippen LogP contribution in [0.5, 0.6) is 0 Å². The fourth-order valence-corrected chi connectivity index (χ4v) is 2.24. The molecule has 17 heavy (non-hydrogen) atoms. The average molecular weight is 235 g/mol. The SMILES string of the molecule is CCN(c1nc(C)cc(C)c1CNC)C(C)C. The Bertz CT molecular complexity index is 372. The van der Waals surface area contributed by atoms with Crippen LogP contribution in [0.15, 0.2) is 6.07 Å². The third-order valence-electron chi connectivity index (χ3n) is 3.04. The summed E-state index contributed by atoms with van der Waals surface area (Å²) in [4.78, 5) is 7.08. The topological polar surface area (TPSA) is 28.2 Å². The highest BCUT2D eigenvalue weighted by Crippen LogP contribution is 2.24. The van der Waals surface area contributed by atoms with Gasteiger partial charge in [0, 0.05) is 30.4 Å². The Balaban J connectivity index is 3.27. The van der Waals surface area contributed by atoms with E-state index in [4.69, 9.17) is 4.98 Å². The Kier molecular flexibility index (Phi) is 4.94. The van der Waals surface area contributed by atoms with Gasteiger partial charge < -0.3 is 10.2 Å². The standard InChI is InChI=1S/C14H25N3/c1-7-17(10(2)3)14-13(9-15-6)11(4)8-12(5)16-14/h8,10,15H,7,9H2,1-6H3. The van der Waals surface area contributed by atoms with E-state index < -0.39 is 0 Å². The molecule has 1 aromatic rings. The molecule has 0 spiro atoms. The van der Waals surface area contributed by atoms with Crippen molar-refractivity contribution in [3.8, 4) is 0 Å². The Morgan fingerprint density at radius 2 is 2.00 bits per heavy atom. The van der Waals surface area contributed by atoms with Gasteiger partial charge in [-0.25, -0.2) is 4.98 Å². The van der Waals surface area contributed by atoms with Crippen molar-refractivity contribution in [3.63, 3.8) is 0 Å². The van der Waals surface area contributed by atoms with E-state index in [1.807, 2.05) is 7.05 Å². The quantitative estimate of drug-likeness (QED) is 0.850. The first kappa shape index (κ1) is 14.0. The number of hydrogen-bond donors (Lipinski definition) is 1. The number of nitrogens with one attached hydrogen (secondary N) is 1. The highest BCUT2D eigenvalue weighted by Gasteiger charge is 2.16. The molecule has 0 unspecified atom stereocenters. The summed E-state index contributed by atoms with van der Waals surface area (Å²) in [6, 6.07) is 2.63. The van der Waals surface area contributed by atoms with Gasteiger partial charge >= 0.3 is 0 Å². The van der Waals surface area contributed by atoms with Gasteiger partial charge in [0.25, 0.3) is 0 Å². The van der Waals surface area contributed by atoms with Crippen LogP contribution in [0.25, 0.3) is 0 Å². The minimum atomic E-state index is 0.476. The van der Waals surface area contributed by atoms with Crippen LogP contribution in [0.1, 0.15) is 37.6 Å². The molecule has 0 aliphatic carbocycles. The Morgan fingerprint density at radius 1 is 1.35 bits per heavy atom. The minimum absolute atomic E-state index is 0.476. The molecule has 0 saturated heterocycles.